The second kappa shape index (κ2) is 54.2. The van der Waals surface area contributed by atoms with E-state index in [2.05, 4.69) is 57.2 Å². The van der Waals surface area contributed by atoms with E-state index in [-0.39, 0.29) is 31.1 Å². The predicted molar refractivity (Wildman–Crippen MR) is 279 cm³/mol. The van der Waals surface area contributed by atoms with Gasteiger partial charge in [-0.05, 0) is 51.4 Å². The lowest BCUT2D eigenvalue weighted by Gasteiger charge is -2.18. The Labute approximate surface area is 404 Å². The van der Waals surface area contributed by atoms with Crippen molar-refractivity contribution >= 4 is 17.9 Å². The van der Waals surface area contributed by atoms with E-state index in [1.165, 1.54) is 186 Å². The van der Waals surface area contributed by atoms with E-state index >= 15 is 0 Å². The second-order valence-corrected chi connectivity index (χ2v) is 19.2. The van der Waals surface area contributed by atoms with Gasteiger partial charge >= 0.3 is 17.9 Å². The van der Waals surface area contributed by atoms with Crippen LogP contribution in [0.2, 0.25) is 0 Å². The highest BCUT2D eigenvalue weighted by Crippen LogP contribution is 2.17. The molecule has 0 saturated heterocycles. The molecule has 1 atom stereocenters. The Morgan fingerprint density at radius 2 is 0.600 bits per heavy atom. The topological polar surface area (TPSA) is 78.9 Å². The molecule has 380 valence electrons. The van der Waals surface area contributed by atoms with E-state index in [1.54, 1.807) is 0 Å². The largest absolute Gasteiger partial charge is 0.462 e. The Balaban J connectivity index is 4.32. The molecule has 0 amide bonds. The fraction of sp³-hybridized carbons (Fsp3) is 0.847. The van der Waals surface area contributed by atoms with Crippen LogP contribution in [0, 0.1) is 0 Å². The lowest BCUT2D eigenvalue weighted by atomic mass is 10.0. The Kier molecular flexibility index (Phi) is 52.3. The number of hydrogen-bond donors (Lipinski definition) is 0. The summed E-state index contributed by atoms with van der Waals surface area (Å²) >= 11 is 0. The molecule has 0 aromatic carbocycles. The first kappa shape index (κ1) is 62.6. The molecule has 0 saturated carbocycles. The number of carbonyl (C=O) groups excluding carboxylic acids is 3. The van der Waals surface area contributed by atoms with Crippen LogP contribution < -0.4 is 0 Å². The number of hydrogen-bond acceptors (Lipinski definition) is 6. The van der Waals surface area contributed by atoms with E-state index < -0.39 is 6.10 Å². The summed E-state index contributed by atoms with van der Waals surface area (Å²) in [6.07, 6.45) is 64.1. The van der Waals surface area contributed by atoms with Gasteiger partial charge in [0.25, 0.3) is 0 Å². The Hall–Kier alpha value is -2.37. The maximum Gasteiger partial charge on any atom is 0.306 e. The van der Waals surface area contributed by atoms with Crippen molar-refractivity contribution in [2.24, 2.45) is 0 Å². The van der Waals surface area contributed by atoms with E-state index in [0.29, 0.717) is 19.3 Å². The van der Waals surface area contributed by atoms with Crippen molar-refractivity contribution < 1.29 is 28.6 Å². The molecule has 0 aromatic heterocycles. The molecule has 6 nitrogen and oxygen atoms in total. The minimum absolute atomic E-state index is 0.0686. The molecule has 0 bridgehead atoms. The molecule has 1 unspecified atom stereocenters. The Bertz CT molecular complexity index is 1090. The summed E-state index contributed by atoms with van der Waals surface area (Å²) in [5.41, 5.74) is 0. The minimum Gasteiger partial charge on any atom is -0.462 e. The highest BCUT2D eigenvalue weighted by atomic mass is 16.6. The van der Waals surface area contributed by atoms with Crippen LogP contribution in [0.25, 0.3) is 0 Å². The van der Waals surface area contributed by atoms with Gasteiger partial charge in [-0.2, -0.15) is 0 Å². The molecular weight excluding hydrogens is 805 g/mol. The van der Waals surface area contributed by atoms with Crippen LogP contribution in [0.15, 0.2) is 36.5 Å². The average Bonchev–Trinajstić information content (AvgIpc) is 3.30. The van der Waals surface area contributed by atoms with Gasteiger partial charge < -0.3 is 14.2 Å². The lowest BCUT2D eigenvalue weighted by molar-refractivity contribution is -0.167. The average molecular weight is 914 g/mol. The summed E-state index contributed by atoms with van der Waals surface area (Å²) in [6.45, 7) is 6.57. The Morgan fingerprint density at radius 3 is 0.938 bits per heavy atom. The summed E-state index contributed by atoms with van der Waals surface area (Å²) in [6, 6.07) is 0. The standard InChI is InChI=1S/C59H108O6/c1-4-7-10-13-16-19-22-25-27-28-29-30-32-34-37-40-43-46-49-52-58(61)64-55-56(54-63-57(60)51-48-45-42-39-36-33-24-21-18-15-12-9-6-3)65-59(62)53-50-47-44-41-38-35-31-26-23-20-17-14-11-8-5-2/h7,10,16,19,25,27,56H,4-6,8-9,11-15,17-18,20-24,26,28-55H2,1-3H3/b10-7-,19-16-,27-25-. The Morgan fingerprint density at radius 1 is 0.323 bits per heavy atom. The molecular formula is C59H108O6. The first-order chi connectivity index (χ1) is 32.0. The molecule has 0 spiro atoms. The molecule has 0 aliphatic heterocycles. The van der Waals surface area contributed by atoms with Gasteiger partial charge in [-0.25, -0.2) is 0 Å². The third-order valence-electron chi connectivity index (χ3n) is 12.7. The number of unbranched alkanes of at least 4 members (excludes halogenated alkanes) is 35. The zero-order valence-corrected chi connectivity index (χ0v) is 43.5. The SMILES string of the molecule is CC/C=C\C/C=C\C/C=C\CCCCCCCCCCCC(=O)OCC(COC(=O)CCCCCCCCCCCCCCC)OC(=O)CCCCCCCCCCCCCCCCC. The van der Waals surface area contributed by atoms with E-state index in [4.69, 9.17) is 14.2 Å². The van der Waals surface area contributed by atoms with Gasteiger partial charge in [0.1, 0.15) is 13.2 Å². The first-order valence-electron chi connectivity index (χ1n) is 28.5. The van der Waals surface area contributed by atoms with Gasteiger partial charge in [0.15, 0.2) is 6.10 Å². The molecule has 6 heteroatoms. The van der Waals surface area contributed by atoms with Gasteiger partial charge in [0.05, 0.1) is 0 Å². The van der Waals surface area contributed by atoms with Crippen LogP contribution in [0.3, 0.4) is 0 Å². The van der Waals surface area contributed by atoms with Gasteiger partial charge in [-0.15, -0.1) is 0 Å². The summed E-state index contributed by atoms with van der Waals surface area (Å²) in [5.74, 6) is -0.856. The van der Waals surface area contributed by atoms with Crippen molar-refractivity contribution in [1.29, 1.82) is 0 Å². The highest BCUT2D eigenvalue weighted by Gasteiger charge is 2.19. The summed E-state index contributed by atoms with van der Waals surface area (Å²) < 4.78 is 16.9. The molecule has 0 rings (SSSR count). The van der Waals surface area contributed by atoms with Crippen molar-refractivity contribution in [2.75, 3.05) is 13.2 Å². The third-order valence-corrected chi connectivity index (χ3v) is 12.7. The fourth-order valence-corrected chi connectivity index (χ4v) is 8.40. The zero-order chi connectivity index (χ0) is 47.2. The molecule has 65 heavy (non-hydrogen) atoms. The second-order valence-electron chi connectivity index (χ2n) is 19.2. The zero-order valence-electron chi connectivity index (χ0n) is 43.5. The molecule has 0 fully saturated rings. The van der Waals surface area contributed by atoms with Crippen molar-refractivity contribution in [3.8, 4) is 0 Å². The smallest absolute Gasteiger partial charge is 0.306 e. The van der Waals surface area contributed by atoms with Gasteiger partial charge in [0.2, 0.25) is 0 Å². The van der Waals surface area contributed by atoms with Crippen molar-refractivity contribution in [3.63, 3.8) is 0 Å². The molecule has 0 heterocycles. The molecule has 0 radical (unpaired) electrons. The number of rotatable bonds is 52. The van der Waals surface area contributed by atoms with E-state index in [1.807, 2.05) is 0 Å². The van der Waals surface area contributed by atoms with Gasteiger partial charge in [-0.3, -0.25) is 14.4 Å². The quantitative estimate of drug-likeness (QED) is 0.0262. The predicted octanol–water partition coefficient (Wildman–Crippen LogP) is 18.9. The van der Waals surface area contributed by atoms with Crippen LogP contribution in [-0.4, -0.2) is 37.2 Å². The van der Waals surface area contributed by atoms with Crippen LogP contribution >= 0.6 is 0 Å². The van der Waals surface area contributed by atoms with E-state index in [9.17, 15) is 14.4 Å². The van der Waals surface area contributed by atoms with Crippen molar-refractivity contribution in [2.45, 2.75) is 309 Å². The van der Waals surface area contributed by atoms with Crippen LogP contribution in [0.1, 0.15) is 303 Å². The van der Waals surface area contributed by atoms with Crippen molar-refractivity contribution in [1.82, 2.24) is 0 Å². The molecule has 0 aromatic rings. The maximum absolute atomic E-state index is 12.8. The van der Waals surface area contributed by atoms with Crippen LogP contribution in [-0.2, 0) is 28.6 Å². The summed E-state index contributed by atoms with van der Waals surface area (Å²) in [4.78, 5) is 38.1. The number of ether oxygens (including phenoxy) is 3. The monoisotopic (exact) mass is 913 g/mol. The van der Waals surface area contributed by atoms with Crippen molar-refractivity contribution in [3.05, 3.63) is 36.5 Å². The third kappa shape index (κ3) is 52.5. The maximum atomic E-state index is 12.8. The normalized spacial score (nSPS) is 12.2. The lowest BCUT2D eigenvalue weighted by Crippen LogP contribution is -2.30. The molecule has 0 aliphatic carbocycles. The summed E-state index contributed by atoms with van der Waals surface area (Å²) in [7, 11) is 0. The fourth-order valence-electron chi connectivity index (χ4n) is 8.40. The minimum atomic E-state index is -0.769. The van der Waals surface area contributed by atoms with Crippen LogP contribution in [0.4, 0.5) is 0 Å². The van der Waals surface area contributed by atoms with Gasteiger partial charge in [-0.1, -0.05) is 269 Å². The number of allylic oxidation sites excluding steroid dienone is 6. The number of carbonyl (C=O) groups is 3. The van der Waals surface area contributed by atoms with Crippen LogP contribution in [0.5, 0.6) is 0 Å². The first-order valence-corrected chi connectivity index (χ1v) is 28.5. The van der Waals surface area contributed by atoms with E-state index in [0.717, 1.165) is 77.0 Å². The summed E-state index contributed by atoms with van der Waals surface area (Å²) in [5, 5.41) is 0. The van der Waals surface area contributed by atoms with Gasteiger partial charge in [0, 0.05) is 19.3 Å². The number of esters is 3. The molecule has 0 aliphatic rings. The highest BCUT2D eigenvalue weighted by molar-refractivity contribution is 5.71. The molecule has 0 N–H and O–H groups in total.